The van der Waals surface area contributed by atoms with Gasteiger partial charge >= 0.3 is 12.4 Å². The monoisotopic (exact) mass is 576 g/mol. The van der Waals surface area contributed by atoms with Crippen LogP contribution in [-0.4, -0.2) is 65.7 Å². The van der Waals surface area contributed by atoms with E-state index in [2.05, 4.69) is 4.98 Å². The Labute approximate surface area is 224 Å². The van der Waals surface area contributed by atoms with Gasteiger partial charge < -0.3 is 19.3 Å². The Bertz CT molecular complexity index is 1190. The second kappa shape index (κ2) is 11.9. The highest BCUT2D eigenvalue weighted by atomic mass is 19.4. The van der Waals surface area contributed by atoms with Crippen LogP contribution >= 0.6 is 0 Å². The third-order valence-electron chi connectivity index (χ3n) is 6.87. The molecule has 15 heteroatoms. The van der Waals surface area contributed by atoms with E-state index in [0.29, 0.717) is 63.6 Å². The van der Waals surface area contributed by atoms with E-state index in [1.165, 1.54) is 12.3 Å². The molecule has 2 aromatic rings. The summed E-state index contributed by atoms with van der Waals surface area (Å²) in [5.41, 5.74) is -2.84. The van der Waals surface area contributed by atoms with Crippen molar-refractivity contribution in [3.05, 3.63) is 57.9 Å². The van der Waals surface area contributed by atoms with Crippen LogP contribution in [0.15, 0.2) is 36.5 Å². The Morgan fingerprint density at radius 2 is 1.60 bits per heavy atom. The number of piperazine rings is 1. The second-order valence-corrected chi connectivity index (χ2v) is 9.53. The van der Waals surface area contributed by atoms with Gasteiger partial charge in [0.25, 0.3) is 5.69 Å². The Balaban J connectivity index is 1.19. The van der Waals surface area contributed by atoms with Crippen LogP contribution in [0, 0.1) is 10.1 Å². The minimum Gasteiger partial charge on any atom is -0.490 e. The van der Waals surface area contributed by atoms with Crippen LogP contribution in [0.2, 0.25) is 0 Å². The van der Waals surface area contributed by atoms with Crippen LogP contribution < -0.4 is 9.64 Å². The van der Waals surface area contributed by atoms with Crippen LogP contribution in [0.3, 0.4) is 0 Å². The van der Waals surface area contributed by atoms with Gasteiger partial charge in [0.15, 0.2) is 0 Å². The quantitative estimate of drug-likeness (QED) is 0.258. The van der Waals surface area contributed by atoms with Crippen molar-refractivity contribution < 1.29 is 45.5 Å². The number of pyridine rings is 1. The minimum atomic E-state index is -4.90. The summed E-state index contributed by atoms with van der Waals surface area (Å²) < 4.78 is 89.1. The van der Waals surface area contributed by atoms with Crippen molar-refractivity contribution >= 4 is 17.3 Å². The van der Waals surface area contributed by atoms with Crippen LogP contribution in [0.25, 0.3) is 0 Å². The number of amides is 1. The smallest absolute Gasteiger partial charge is 0.433 e. The lowest BCUT2D eigenvalue weighted by atomic mass is 9.95. The predicted octanol–water partition coefficient (Wildman–Crippen LogP) is 5.08. The fraction of sp³-hybridized carbons (Fsp3) is 0.520. The lowest BCUT2D eigenvalue weighted by Crippen LogP contribution is -2.50. The summed E-state index contributed by atoms with van der Waals surface area (Å²) in [4.78, 5) is 29.4. The van der Waals surface area contributed by atoms with E-state index in [0.717, 1.165) is 18.2 Å². The molecule has 1 aromatic heterocycles. The fourth-order valence-corrected chi connectivity index (χ4v) is 4.72. The molecule has 1 aliphatic carbocycles. The topological polar surface area (TPSA) is 98.0 Å². The van der Waals surface area contributed by atoms with Gasteiger partial charge in [-0.25, -0.2) is 4.98 Å². The average Bonchev–Trinajstić information content (AvgIpc) is 2.91. The number of nitro benzene ring substituents is 1. The Kier molecular flexibility index (Phi) is 8.71. The van der Waals surface area contributed by atoms with E-state index in [4.69, 9.17) is 9.47 Å². The highest BCUT2D eigenvalue weighted by Crippen LogP contribution is 2.39. The van der Waals surface area contributed by atoms with Gasteiger partial charge in [-0.2, -0.15) is 26.3 Å². The number of halogens is 6. The van der Waals surface area contributed by atoms with Crippen molar-refractivity contribution in [1.82, 2.24) is 9.88 Å². The highest BCUT2D eigenvalue weighted by Gasteiger charge is 2.39. The summed E-state index contributed by atoms with van der Waals surface area (Å²) in [5, 5.41) is 10.9. The highest BCUT2D eigenvalue weighted by molar-refractivity contribution is 5.77. The van der Waals surface area contributed by atoms with Crippen molar-refractivity contribution in [3.8, 4) is 5.75 Å². The molecule has 2 aliphatic rings. The number of benzene rings is 1. The SMILES string of the molecule is O=C(CO[C@H]1CC[C@H](Oc2ccc([N+](=O)[O-])c(C(F)(F)F)c2)CC1)N1CCN(c2ccc(C(F)(F)F)nc2)CC1. The number of nitro groups is 1. The number of aromatic nitrogens is 1. The molecule has 9 nitrogen and oxygen atoms in total. The van der Waals surface area contributed by atoms with Crippen molar-refractivity contribution in [2.24, 2.45) is 0 Å². The van der Waals surface area contributed by atoms with Crippen LogP contribution in [0.4, 0.5) is 37.7 Å². The zero-order chi connectivity index (χ0) is 29.1. The molecule has 0 bridgehead atoms. The zero-order valence-corrected chi connectivity index (χ0v) is 21.1. The van der Waals surface area contributed by atoms with E-state index in [1.807, 2.05) is 4.90 Å². The lowest BCUT2D eigenvalue weighted by molar-refractivity contribution is -0.388. The first-order chi connectivity index (χ1) is 18.8. The van der Waals surface area contributed by atoms with E-state index < -0.39 is 40.3 Å². The average molecular weight is 576 g/mol. The number of alkyl halides is 6. The van der Waals surface area contributed by atoms with Gasteiger partial charge in [0.1, 0.15) is 23.6 Å². The minimum absolute atomic E-state index is 0.108. The van der Waals surface area contributed by atoms with Crippen LogP contribution in [0.1, 0.15) is 36.9 Å². The van der Waals surface area contributed by atoms with E-state index >= 15 is 0 Å². The largest absolute Gasteiger partial charge is 0.490 e. The Hall–Kier alpha value is -3.62. The first-order valence-electron chi connectivity index (χ1n) is 12.5. The van der Waals surface area contributed by atoms with Crippen molar-refractivity contribution in [1.29, 1.82) is 0 Å². The molecule has 0 N–H and O–H groups in total. The molecule has 218 valence electrons. The number of carbonyl (C=O) groups is 1. The summed E-state index contributed by atoms with van der Waals surface area (Å²) in [6.45, 7) is 1.47. The molecular weight excluding hydrogens is 550 g/mol. The number of nitrogens with zero attached hydrogens (tertiary/aromatic N) is 4. The molecule has 1 aromatic carbocycles. The molecule has 2 heterocycles. The van der Waals surface area contributed by atoms with Gasteiger partial charge in [0, 0.05) is 32.2 Å². The summed E-state index contributed by atoms with van der Waals surface area (Å²) in [6, 6.07) is 4.83. The van der Waals surface area contributed by atoms with Crippen molar-refractivity contribution in [3.63, 3.8) is 0 Å². The second-order valence-electron chi connectivity index (χ2n) is 9.53. The third-order valence-corrected chi connectivity index (χ3v) is 6.87. The Morgan fingerprint density at radius 3 is 2.15 bits per heavy atom. The Morgan fingerprint density at radius 1 is 0.950 bits per heavy atom. The normalized spacial score (nSPS) is 20.4. The summed E-state index contributed by atoms with van der Waals surface area (Å²) >= 11 is 0. The number of anilines is 1. The molecule has 4 rings (SSSR count). The van der Waals surface area contributed by atoms with E-state index in [9.17, 15) is 41.3 Å². The fourth-order valence-electron chi connectivity index (χ4n) is 4.72. The van der Waals surface area contributed by atoms with Gasteiger partial charge in [-0.1, -0.05) is 0 Å². The standard InChI is InChI=1S/C25H26F6N4O5/c26-24(27,28)20-13-19(6-7-21(20)35(37)38)40-18-4-2-17(3-5-18)39-15-23(36)34-11-9-33(10-12-34)16-1-8-22(32-14-16)25(29,30)31/h1,6-8,13-14,17-18H,2-5,9-12,15H2/t17-,18-. The number of hydrogen-bond donors (Lipinski definition) is 0. The number of rotatable bonds is 7. The maximum atomic E-state index is 13.2. The molecule has 1 saturated heterocycles. The third kappa shape index (κ3) is 7.31. The molecule has 1 saturated carbocycles. The maximum absolute atomic E-state index is 13.2. The molecule has 1 aliphatic heterocycles. The van der Waals surface area contributed by atoms with Crippen LogP contribution in [-0.2, 0) is 21.9 Å². The summed E-state index contributed by atoms with van der Waals surface area (Å²) in [7, 11) is 0. The van der Waals surface area contributed by atoms with Crippen molar-refractivity contribution in [2.75, 3.05) is 37.7 Å². The molecule has 40 heavy (non-hydrogen) atoms. The molecule has 0 radical (unpaired) electrons. The van der Waals surface area contributed by atoms with Gasteiger partial charge in [0.05, 0.1) is 29.0 Å². The first-order valence-corrected chi connectivity index (χ1v) is 12.5. The maximum Gasteiger partial charge on any atom is 0.433 e. The summed E-state index contributed by atoms with van der Waals surface area (Å²) in [6.07, 6.45) is -6.89. The number of hydrogen-bond acceptors (Lipinski definition) is 7. The van der Waals surface area contributed by atoms with Crippen molar-refractivity contribution in [2.45, 2.75) is 50.2 Å². The number of carbonyl (C=O) groups excluding carboxylic acids is 1. The molecule has 2 fully saturated rings. The van der Waals surface area contributed by atoms with Gasteiger partial charge in [-0.3, -0.25) is 14.9 Å². The predicted molar refractivity (Wildman–Crippen MR) is 129 cm³/mol. The zero-order valence-electron chi connectivity index (χ0n) is 21.1. The molecule has 0 atom stereocenters. The van der Waals surface area contributed by atoms with Crippen LogP contribution in [0.5, 0.6) is 5.75 Å². The first kappa shape index (κ1) is 29.4. The van der Waals surface area contributed by atoms with Gasteiger partial charge in [-0.05, 0) is 49.9 Å². The lowest BCUT2D eigenvalue weighted by Gasteiger charge is -2.36. The van der Waals surface area contributed by atoms with Gasteiger partial charge in [0.2, 0.25) is 5.91 Å². The molecular formula is C25H26F6N4O5. The van der Waals surface area contributed by atoms with E-state index in [1.54, 1.807) is 4.90 Å². The molecule has 1 amide bonds. The van der Waals surface area contributed by atoms with E-state index in [-0.39, 0.29) is 24.4 Å². The van der Waals surface area contributed by atoms with Gasteiger partial charge in [-0.15, -0.1) is 0 Å². The summed E-state index contributed by atoms with van der Waals surface area (Å²) in [5.74, 6) is -0.321. The number of ether oxygens (including phenoxy) is 2. The molecule has 0 unspecified atom stereocenters. The molecule has 0 spiro atoms.